The number of nitrogens with one attached hydrogen (secondary N) is 2. The van der Waals surface area contributed by atoms with Crippen LogP contribution in [-0.2, 0) is 0 Å². The van der Waals surface area contributed by atoms with Gasteiger partial charge in [-0.2, -0.15) is 0 Å². The van der Waals surface area contributed by atoms with Gasteiger partial charge in [0.2, 0.25) is 0 Å². The Bertz CT molecular complexity index is 659. The summed E-state index contributed by atoms with van der Waals surface area (Å²) in [6.45, 7) is 1.92. The van der Waals surface area contributed by atoms with Crippen LogP contribution >= 0.6 is 23.2 Å². The van der Waals surface area contributed by atoms with Crippen molar-refractivity contribution in [2.75, 3.05) is 10.7 Å². The van der Waals surface area contributed by atoms with Crippen LogP contribution in [-0.4, -0.2) is 5.91 Å². The number of nitrogens with two attached hydrogens (primary N) is 1. The molecule has 0 heterocycles. The predicted octanol–water partition coefficient (Wildman–Crippen LogP) is 3.84. The van der Waals surface area contributed by atoms with Crippen molar-refractivity contribution in [3.05, 3.63) is 57.6 Å². The van der Waals surface area contributed by atoms with Gasteiger partial charge in [-0.05, 0) is 42.8 Å². The Hall–Kier alpha value is -1.75. The van der Waals surface area contributed by atoms with E-state index in [2.05, 4.69) is 10.7 Å². The molecular formula is C14H13Cl2N3O. The quantitative estimate of drug-likeness (QED) is 0.596. The lowest BCUT2D eigenvalue weighted by Crippen LogP contribution is -2.17. The van der Waals surface area contributed by atoms with E-state index in [-0.39, 0.29) is 5.91 Å². The molecule has 0 saturated carbocycles. The molecule has 104 valence electrons. The van der Waals surface area contributed by atoms with Gasteiger partial charge in [0.05, 0.1) is 22.0 Å². The van der Waals surface area contributed by atoms with Gasteiger partial charge in [0.15, 0.2) is 0 Å². The van der Waals surface area contributed by atoms with E-state index in [1.807, 2.05) is 13.0 Å². The lowest BCUT2D eigenvalue weighted by molar-refractivity contribution is 0.102. The van der Waals surface area contributed by atoms with Crippen molar-refractivity contribution >= 4 is 40.5 Å². The third-order valence-corrected chi connectivity index (χ3v) is 3.30. The van der Waals surface area contributed by atoms with Gasteiger partial charge in [-0.15, -0.1) is 0 Å². The second kappa shape index (κ2) is 6.13. The lowest BCUT2D eigenvalue weighted by Gasteiger charge is -2.11. The Balaban J connectivity index is 2.28. The van der Waals surface area contributed by atoms with Crippen LogP contribution < -0.4 is 16.6 Å². The molecule has 2 rings (SSSR count). The minimum atomic E-state index is -0.304. The van der Waals surface area contributed by atoms with Crippen LogP contribution in [0.5, 0.6) is 0 Å². The van der Waals surface area contributed by atoms with Crippen molar-refractivity contribution < 1.29 is 4.79 Å². The van der Waals surface area contributed by atoms with Crippen molar-refractivity contribution in [1.82, 2.24) is 0 Å². The highest BCUT2D eigenvalue weighted by molar-refractivity contribution is 6.36. The van der Waals surface area contributed by atoms with E-state index < -0.39 is 0 Å². The van der Waals surface area contributed by atoms with Crippen LogP contribution in [0.2, 0.25) is 10.0 Å². The fourth-order valence-corrected chi connectivity index (χ4v) is 2.21. The zero-order valence-corrected chi connectivity index (χ0v) is 12.2. The van der Waals surface area contributed by atoms with Crippen molar-refractivity contribution in [3.63, 3.8) is 0 Å². The second-order valence-electron chi connectivity index (χ2n) is 4.27. The molecule has 2 aromatic carbocycles. The van der Waals surface area contributed by atoms with E-state index in [1.54, 1.807) is 30.3 Å². The number of amides is 1. The van der Waals surface area contributed by atoms with E-state index in [4.69, 9.17) is 29.0 Å². The molecule has 0 spiro atoms. The number of benzene rings is 2. The van der Waals surface area contributed by atoms with Gasteiger partial charge in [-0.3, -0.25) is 10.6 Å². The smallest absolute Gasteiger partial charge is 0.257 e. The maximum absolute atomic E-state index is 12.2. The maximum Gasteiger partial charge on any atom is 0.257 e. The minimum absolute atomic E-state index is 0.304. The van der Waals surface area contributed by atoms with E-state index in [0.717, 1.165) is 5.56 Å². The van der Waals surface area contributed by atoms with Crippen LogP contribution in [0.1, 0.15) is 15.9 Å². The second-order valence-corrected chi connectivity index (χ2v) is 5.12. The lowest BCUT2D eigenvalue weighted by atomic mass is 10.1. The SMILES string of the molecule is Cc1ccc(C(=O)Nc2ccc(Cl)cc2Cl)c(NN)c1. The summed E-state index contributed by atoms with van der Waals surface area (Å²) < 4.78 is 0. The topological polar surface area (TPSA) is 67.2 Å². The summed E-state index contributed by atoms with van der Waals surface area (Å²) >= 11 is 11.8. The average Bonchev–Trinajstić information content (AvgIpc) is 2.41. The molecule has 0 aliphatic carbocycles. The van der Waals surface area contributed by atoms with Gasteiger partial charge in [-0.1, -0.05) is 29.3 Å². The van der Waals surface area contributed by atoms with Gasteiger partial charge in [0, 0.05) is 5.02 Å². The van der Waals surface area contributed by atoms with Gasteiger partial charge < -0.3 is 10.7 Å². The third kappa shape index (κ3) is 3.22. The van der Waals surface area contributed by atoms with Gasteiger partial charge in [-0.25, -0.2) is 0 Å². The molecule has 0 aliphatic heterocycles. The Labute approximate surface area is 126 Å². The summed E-state index contributed by atoms with van der Waals surface area (Å²) in [7, 11) is 0. The Morgan fingerprint density at radius 1 is 1.10 bits per heavy atom. The first-order chi connectivity index (χ1) is 9.51. The highest BCUT2D eigenvalue weighted by atomic mass is 35.5. The molecule has 6 heteroatoms. The molecule has 4 N–H and O–H groups in total. The summed E-state index contributed by atoms with van der Waals surface area (Å²) in [5.74, 6) is 5.12. The molecule has 0 aliphatic rings. The molecular weight excluding hydrogens is 297 g/mol. The van der Waals surface area contributed by atoms with E-state index >= 15 is 0 Å². The molecule has 0 fully saturated rings. The monoisotopic (exact) mass is 309 g/mol. The molecule has 0 atom stereocenters. The zero-order valence-electron chi connectivity index (χ0n) is 10.7. The molecule has 1 amide bonds. The number of carbonyl (C=O) groups excluding carboxylic acids is 1. The Kier molecular flexibility index (Phi) is 4.49. The number of anilines is 2. The van der Waals surface area contributed by atoms with E-state index in [1.165, 1.54) is 0 Å². The highest BCUT2D eigenvalue weighted by Crippen LogP contribution is 2.26. The highest BCUT2D eigenvalue weighted by Gasteiger charge is 2.13. The number of carbonyl (C=O) groups is 1. The number of aryl methyl sites for hydroxylation is 1. The Morgan fingerprint density at radius 2 is 1.85 bits per heavy atom. The number of hydrogen-bond donors (Lipinski definition) is 3. The minimum Gasteiger partial charge on any atom is -0.323 e. The van der Waals surface area contributed by atoms with Crippen LogP contribution in [0, 0.1) is 6.92 Å². The average molecular weight is 310 g/mol. The zero-order chi connectivity index (χ0) is 14.7. The van der Waals surface area contributed by atoms with Crippen LogP contribution in [0.3, 0.4) is 0 Å². The number of hydrazine groups is 1. The Morgan fingerprint density at radius 3 is 2.50 bits per heavy atom. The largest absolute Gasteiger partial charge is 0.323 e. The molecule has 2 aromatic rings. The van der Waals surface area contributed by atoms with Gasteiger partial charge >= 0.3 is 0 Å². The molecule has 0 bridgehead atoms. The van der Waals surface area contributed by atoms with Crippen molar-refractivity contribution in [2.45, 2.75) is 6.92 Å². The standard InChI is InChI=1S/C14H13Cl2N3O/c1-8-2-4-10(13(6-8)19-17)14(20)18-12-5-3-9(15)7-11(12)16/h2-7,19H,17H2,1H3,(H,18,20). The van der Waals surface area contributed by atoms with E-state index in [9.17, 15) is 4.79 Å². The summed E-state index contributed by atoms with van der Waals surface area (Å²) in [6.07, 6.45) is 0. The van der Waals surface area contributed by atoms with Crippen molar-refractivity contribution in [2.24, 2.45) is 5.84 Å². The number of halogens is 2. The molecule has 4 nitrogen and oxygen atoms in total. The molecule has 0 unspecified atom stereocenters. The first-order valence-corrected chi connectivity index (χ1v) is 6.60. The fourth-order valence-electron chi connectivity index (χ4n) is 1.76. The van der Waals surface area contributed by atoms with Gasteiger partial charge in [0.1, 0.15) is 0 Å². The summed E-state index contributed by atoms with van der Waals surface area (Å²) in [5, 5.41) is 3.61. The van der Waals surface area contributed by atoms with Gasteiger partial charge in [0.25, 0.3) is 5.91 Å². The molecule has 0 saturated heterocycles. The predicted molar refractivity (Wildman–Crippen MR) is 83.4 cm³/mol. The fraction of sp³-hybridized carbons (Fsp3) is 0.0714. The number of nitrogen functional groups attached to an aromatic ring is 1. The molecule has 0 radical (unpaired) electrons. The van der Waals surface area contributed by atoms with E-state index in [0.29, 0.717) is 27.0 Å². The van der Waals surface area contributed by atoms with Crippen molar-refractivity contribution in [3.8, 4) is 0 Å². The summed E-state index contributed by atoms with van der Waals surface area (Å²) in [6, 6.07) is 10.2. The number of rotatable bonds is 3. The van der Waals surface area contributed by atoms with Crippen molar-refractivity contribution in [1.29, 1.82) is 0 Å². The first kappa shape index (κ1) is 14.7. The number of hydrogen-bond acceptors (Lipinski definition) is 3. The molecule has 0 aromatic heterocycles. The maximum atomic E-state index is 12.2. The first-order valence-electron chi connectivity index (χ1n) is 5.85. The third-order valence-electron chi connectivity index (χ3n) is 2.75. The summed E-state index contributed by atoms with van der Waals surface area (Å²) in [4.78, 5) is 12.2. The normalized spacial score (nSPS) is 10.2. The molecule has 20 heavy (non-hydrogen) atoms. The summed E-state index contributed by atoms with van der Waals surface area (Å²) in [5.41, 5.74) is 4.98. The van der Waals surface area contributed by atoms with Crippen LogP contribution in [0.15, 0.2) is 36.4 Å². The van der Waals surface area contributed by atoms with Crippen LogP contribution in [0.4, 0.5) is 11.4 Å². The van der Waals surface area contributed by atoms with Crippen LogP contribution in [0.25, 0.3) is 0 Å².